The average molecular weight is 386 g/mol. The lowest BCUT2D eigenvalue weighted by Crippen LogP contribution is -2.13. The number of ether oxygens (including phenoxy) is 1. The van der Waals surface area contributed by atoms with E-state index in [1.54, 1.807) is 24.3 Å². The molecule has 0 aliphatic carbocycles. The number of sulfonamides is 1. The van der Waals surface area contributed by atoms with Crippen LogP contribution in [0.15, 0.2) is 51.9 Å². The molecule has 6 nitrogen and oxygen atoms in total. The summed E-state index contributed by atoms with van der Waals surface area (Å²) in [4.78, 5) is 0.173. The van der Waals surface area contributed by atoms with Crippen LogP contribution in [-0.4, -0.2) is 13.6 Å². The maximum absolute atomic E-state index is 12.6. The third-order valence-corrected chi connectivity index (χ3v) is 5.57. The third-order valence-electron chi connectivity index (χ3n) is 4.17. The van der Waals surface area contributed by atoms with Crippen LogP contribution in [0.1, 0.15) is 28.1 Å². The summed E-state index contributed by atoms with van der Waals surface area (Å²) in [5.74, 6) is 1.28. The van der Waals surface area contributed by atoms with Crippen LogP contribution in [0.5, 0.6) is 5.75 Å². The molecular formula is C20H22N2O4S. The molecule has 0 radical (unpaired) electrons. The van der Waals surface area contributed by atoms with Gasteiger partial charge in [-0.3, -0.25) is 4.72 Å². The van der Waals surface area contributed by atoms with E-state index in [9.17, 15) is 8.42 Å². The molecule has 7 heteroatoms. The molecule has 27 heavy (non-hydrogen) atoms. The van der Waals surface area contributed by atoms with Crippen LogP contribution in [-0.2, 0) is 16.6 Å². The maximum Gasteiger partial charge on any atom is 0.261 e. The van der Waals surface area contributed by atoms with Crippen molar-refractivity contribution in [3.8, 4) is 5.75 Å². The Morgan fingerprint density at radius 3 is 2.19 bits per heavy atom. The molecule has 1 N–H and O–H groups in total. The van der Waals surface area contributed by atoms with Crippen LogP contribution in [0.4, 0.5) is 5.69 Å². The first-order chi connectivity index (χ1) is 12.7. The molecule has 0 fully saturated rings. The monoisotopic (exact) mass is 386 g/mol. The summed E-state index contributed by atoms with van der Waals surface area (Å²) in [7, 11) is -3.67. The number of hydrogen-bond donors (Lipinski definition) is 1. The number of hydrogen-bond acceptors (Lipinski definition) is 5. The lowest BCUT2D eigenvalue weighted by Gasteiger charge is -2.11. The van der Waals surface area contributed by atoms with Gasteiger partial charge in [0.2, 0.25) is 0 Å². The summed E-state index contributed by atoms with van der Waals surface area (Å²) in [6.07, 6.45) is 0. The average Bonchev–Trinajstić information content (AvgIpc) is 2.90. The van der Waals surface area contributed by atoms with Crippen molar-refractivity contribution >= 4 is 15.7 Å². The Balaban J connectivity index is 1.72. The Bertz CT molecular complexity index is 1010. The molecule has 0 aliphatic heterocycles. The molecule has 0 amide bonds. The van der Waals surface area contributed by atoms with Crippen molar-refractivity contribution < 1.29 is 17.7 Å². The molecule has 0 bridgehead atoms. The van der Waals surface area contributed by atoms with Crippen LogP contribution in [0.25, 0.3) is 0 Å². The van der Waals surface area contributed by atoms with Gasteiger partial charge in [0.25, 0.3) is 10.0 Å². The van der Waals surface area contributed by atoms with Crippen molar-refractivity contribution in [2.24, 2.45) is 0 Å². The van der Waals surface area contributed by atoms with Crippen molar-refractivity contribution in [3.05, 3.63) is 70.6 Å². The zero-order chi connectivity index (χ0) is 19.6. The summed E-state index contributed by atoms with van der Waals surface area (Å²) < 4.78 is 38.6. The molecule has 0 unspecified atom stereocenters. The van der Waals surface area contributed by atoms with Gasteiger partial charge in [0, 0.05) is 5.69 Å². The lowest BCUT2D eigenvalue weighted by atomic mass is 10.1. The number of aryl methyl sites for hydroxylation is 4. The van der Waals surface area contributed by atoms with Crippen LogP contribution in [0.2, 0.25) is 0 Å². The molecule has 0 spiro atoms. The Kier molecular flexibility index (Phi) is 5.23. The van der Waals surface area contributed by atoms with Crippen molar-refractivity contribution in [3.63, 3.8) is 0 Å². The third kappa shape index (κ3) is 4.49. The van der Waals surface area contributed by atoms with E-state index in [0.717, 1.165) is 22.4 Å². The number of nitrogens with zero attached hydrogens (tertiary/aromatic N) is 1. The van der Waals surface area contributed by atoms with Gasteiger partial charge in [0.05, 0.1) is 16.2 Å². The van der Waals surface area contributed by atoms with Gasteiger partial charge in [0.1, 0.15) is 18.1 Å². The Hall–Kier alpha value is -2.80. The van der Waals surface area contributed by atoms with Crippen LogP contribution >= 0.6 is 0 Å². The molecule has 1 aromatic heterocycles. The lowest BCUT2D eigenvalue weighted by molar-refractivity contribution is 0.301. The van der Waals surface area contributed by atoms with Gasteiger partial charge in [-0.25, -0.2) is 8.42 Å². The van der Waals surface area contributed by atoms with Gasteiger partial charge in [-0.2, -0.15) is 0 Å². The minimum absolute atomic E-state index is 0.173. The minimum Gasteiger partial charge on any atom is -0.489 e. The van der Waals surface area contributed by atoms with E-state index in [2.05, 4.69) is 9.88 Å². The fourth-order valence-electron chi connectivity index (χ4n) is 2.83. The second kappa shape index (κ2) is 7.44. The summed E-state index contributed by atoms with van der Waals surface area (Å²) in [6.45, 7) is 7.84. The van der Waals surface area contributed by atoms with Crippen molar-refractivity contribution in [1.82, 2.24) is 5.16 Å². The quantitative estimate of drug-likeness (QED) is 0.683. The maximum atomic E-state index is 12.6. The highest BCUT2D eigenvalue weighted by Gasteiger charge is 2.15. The van der Waals surface area contributed by atoms with E-state index in [0.29, 0.717) is 23.8 Å². The van der Waals surface area contributed by atoms with Crippen LogP contribution < -0.4 is 9.46 Å². The standard InChI is InChI=1S/C20H22N2O4S/c1-13-9-14(2)11-17(10-13)22-27(23,24)19-7-5-18(6-8-19)25-12-20-15(3)21-26-16(20)4/h5-11,22H,12H2,1-4H3. The molecule has 2 aromatic carbocycles. The number of aromatic nitrogens is 1. The first-order valence-electron chi connectivity index (χ1n) is 8.50. The van der Waals surface area contributed by atoms with Gasteiger partial charge in [-0.15, -0.1) is 0 Å². The van der Waals surface area contributed by atoms with Gasteiger partial charge >= 0.3 is 0 Å². The molecule has 3 rings (SSSR count). The number of anilines is 1. The van der Waals surface area contributed by atoms with Crippen molar-refractivity contribution in [2.45, 2.75) is 39.2 Å². The zero-order valence-electron chi connectivity index (χ0n) is 15.7. The highest BCUT2D eigenvalue weighted by molar-refractivity contribution is 7.92. The Morgan fingerprint density at radius 2 is 1.63 bits per heavy atom. The van der Waals surface area contributed by atoms with E-state index in [1.165, 1.54) is 12.1 Å². The first-order valence-corrected chi connectivity index (χ1v) is 9.98. The SMILES string of the molecule is Cc1cc(C)cc(NS(=O)(=O)c2ccc(OCc3c(C)noc3C)cc2)c1. The topological polar surface area (TPSA) is 81.4 Å². The smallest absolute Gasteiger partial charge is 0.261 e. The van der Waals surface area contributed by atoms with Crippen LogP contribution in [0.3, 0.4) is 0 Å². The highest BCUT2D eigenvalue weighted by atomic mass is 32.2. The number of benzene rings is 2. The summed E-state index contributed by atoms with van der Waals surface area (Å²) in [5.41, 5.74) is 4.21. The van der Waals surface area contributed by atoms with Crippen molar-refractivity contribution in [1.29, 1.82) is 0 Å². The first kappa shape index (κ1) is 19.0. The fraction of sp³-hybridized carbons (Fsp3) is 0.250. The molecule has 1 heterocycles. The van der Waals surface area contributed by atoms with Crippen molar-refractivity contribution in [2.75, 3.05) is 4.72 Å². The predicted octanol–water partition coefficient (Wildman–Crippen LogP) is 4.29. The van der Waals surface area contributed by atoms with E-state index in [4.69, 9.17) is 9.26 Å². The summed E-state index contributed by atoms with van der Waals surface area (Å²) in [6, 6.07) is 11.9. The Labute approximate surface area is 159 Å². The van der Waals surface area contributed by atoms with Crippen LogP contribution in [0, 0.1) is 27.7 Å². The van der Waals surface area contributed by atoms with E-state index >= 15 is 0 Å². The second-order valence-electron chi connectivity index (χ2n) is 6.54. The molecule has 0 saturated heterocycles. The molecule has 3 aromatic rings. The molecule has 0 aliphatic rings. The molecular weight excluding hydrogens is 364 g/mol. The normalized spacial score (nSPS) is 11.4. The summed E-state index contributed by atoms with van der Waals surface area (Å²) in [5, 5.41) is 3.88. The van der Waals surface area contributed by atoms with Gasteiger partial charge in [0.15, 0.2) is 0 Å². The molecule has 0 atom stereocenters. The van der Waals surface area contributed by atoms with Gasteiger partial charge in [-0.05, 0) is 75.2 Å². The van der Waals surface area contributed by atoms with E-state index in [-0.39, 0.29) is 4.90 Å². The zero-order valence-corrected chi connectivity index (χ0v) is 16.6. The minimum atomic E-state index is -3.67. The fourth-order valence-corrected chi connectivity index (χ4v) is 3.87. The largest absolute Gasteiger partial charge is 0.489 e. The molecule has 0 saturated carbocycles. The highest BCUT2D eigenvalue weighted by Crippen LogP contribution is 2.22. The second-order valence-corrected chi connectivity index (χ2v) is 8.23. The summed E-state index contributed by atoms with van der Waals surface area (Å²) >= 11 is 0. The number of nitrogens with one attached hydrogen (secondary N) is 1. The van der Waals surface area contributed by atoms with Gasteiger partial charge < -0.3 is 9.26 Å². The predicted molar refractivity (Wildman–Crippen MR) is 103 cm³/mol. The van der Waals surface area contributed by atoms with Gasteiger partial charge in [-0.1, -0.05) is 11.2 Å². The van der Waals surface area contributed by atoms with E-state index in [1.807, 2.05) is 33.8 Å². The molecule has 142 valence electrons. The Morgan fingerprint density at radius 1 is 1.00 bits per heavy atom. The number of rotatable bonds is 6. The van der Waals surface area contributed by atoms with E-state index < -0.39 is 10.0 Å².